The molecular weight excluding hydrogens is 340 g/mol. The largest absolute Gasteiger partial charge is 0.478 e. The molecule has 26 heavy (non-hydrogen) atoms. The van der Waals surface area contributed by atoms with Gasteiger partial charge in [-0.3, -0.25) is 9.59 Å². The van der Waals surface area contributed by atoms with Crippen molar-refractivity contribution in [3.8, 4) is 5.75 Å². The Morgan fingerprint density at radius 3 is 2.73 bits per heavy atom. The lowest BCUT2D eigenvalue weighted by atomic mass is 10.1. The molecule has 1 aliphatic heterocycles. The van der Waals surface area contributed by atoms with Gasteiger partial charge in [0.2, 0.25) is 0 Å². The predicted molar refractivity (Wildman–Crippen MR) is 93.3 cm³/mol. The molecule has 0 bridgehead atoms. The number of rotatable bonds is 4. The average Bonchev–Trinajstić information content (AvgIpc) is 2.87. The molecule has 138 valence electrons. The molecule has 8 heteroatoms. The van der Waals surface area contributed by atoms with Gasteiger partial charge in [0.1, 0.15) is 5.75 Å². The van der Waals surface area contributed by atoms with Gasteiger partial charge >= 0.3 is 11.9 Å². The molecule has 0 saturated carbocycles. The first-order chi connectivity index (χ1) is 12.4. The van der Waals surface area contributed by atoms with Crippen LogP contribution in [0, 0.1) is 6.92 Å². The van der Waals surface area contributed by atoms with Crippen LogP contribution in [0.25, 0.3) is 10.9 Å². The summed E-state index contributed by atoms with van der Waals surface area (Å²) in [6.07, 6.45) is -1.17. The van der Waals surface area contributed by atoms with E-state index in [2.05, 4.69) is 5.32 Å². The van der Waals surface area contributed by atoms with Crippen LogP contribution < -0.4 is 10.1 Å². The number of anilines is 1. The van der Waals surface area contributed by atoms with E-state index in [1.807, 2.05) is 11.6 Å². The second-order valence-corrected chi connectivity index (χ2v) is 5.95. The Balaban J connectivity index is 2.08. The number of hydrogen-bond acceptors (Lipinski definition) is 6. The third kappa shape index (κ3) is 2.77. The number of aryl methyl sites for hydroxylation is 1. The lowest BCUT2D eigenvalue weighted by Gasteiger charge is -2.26. The molecular formula is C18H20N2O6. The van der Waals surface area contributed by atoms with E-state index in [9.17, 15) is 14.4 Å². The van der Waals surface area contributed by atoms with Crippen molar-refractivity contribution in [2.75, 3.05) is 19.0 Å². The van der Waals surface area contributed by atoms with Crippen LogP contribution in [-0.2, 0) is 26.1 Å². The SMILES string of the molecule is CCOC(=O)CC1Oc2ccc3c(c2NC1=O)c(C(=O)OC)c(C)n3C. The summed E-state index contributed by atoms with van der Waals surface area (Å²) in [5.41, 5.74) is 2.24. The lowest BCUT2D eigenvalue weighted by Crippen LogP contribution is -2.39. The van der Waals surface area contributed by atoms with Crippen molar-refractivity contribution in [3.05, 3.63) is 23.4 Å². The van der Waals surface area contributed by atoms with Crippen LogP contribution in [0.1, 0.15) is 29.4 Å². The molecule has 1 atom stereocenters. The molecule has 1 aromatic heterocycles. The van der Waals surface area contributed by atoms with Crippen molar-refractivity contribution in [1.29, 1.82) is 0 Å². The first kappa shape index (κ1) is 17.8. The maximum Gasteiger partial charge on any atom is 0.340 e. The average molecular weight is 360 g/mol. The van der Waals surface area contributed by atoms with Crippen molar-refractivity contribution < 1.29 is 28.6 Å². The number of carbonyl (C=O) groups excluding carboxylic acids is 3. The molecule has 2 aromatic rings. The van der Waals surface area contributed by atoms with Gasteiger partial charge in [-0.2, -0.15) is 0 Å². The number of aromatic nitrogens is 1. The van der Waals surface area contributed by atoms with Crippen LogP contribution >= 0.6 is 0 Å². The van der Waals surface area contributed by atoms with Crippen molar-refractivity contribution in [3.63, 3.8) is 0 Å². The van der Waals surface area contributed by atoms with Crippen LogP contribution in [0.3, 0.4) is 0 Å². The van der Waals surface area contributed by atoms with Gasteiger partial charge in [-0.1, -0.05) is 0 Å². The fraction of sp³-hybridized carbons (Fsp3) is 0.389. The Hall–Kier alpha value is -3.03. The van der Waals surface area contributed by atoms with Gasteiger partial charge in [0.25, 0.3) is 5.91 Å². The van der Waals surface area contributed by atoms with Gasteiger partial charge < -0.3 is 24.1 Å². The van der Waals surface area contributed by atoms with E-state index in [4.69, 9.17) is 14.2 Å². The molecule has 0 fully saturated rings. The fourth-order valence-electron chi connectivity index (χ4n) is 3.12. The fourth-order valence-corrected chi connectivity index (χ4v) is 3.12. The maximum atomic E-state index is 12.4. The number of benzene rings is 1. The molecule has 1 amide bonds. The number of carbonyl (C=O) groups is 3. The topological polar surface area (TPSA) is 95.9 Å². The van der Waals surface area contributed by atoms with Crippen molar-refractivity contribution in [2.45, 2.75) is 26.4 Å². The highest BCUT2D eigenvalue weighted by Gasteiger charge is 2.33. The molecule has 0 aliphatic carbocycles. The van der Waals surface area contributed by atoms with Gasteiger partial charge in [-0.05, 0) is 26.0 Å². The molecule has 0 spiro atoms. The Morgan fingerprint density at radius 1 is 1.35 bits per heavy atom. The minimum Gasteiger partial charge on any atom is -0.478 e. The summed E-state index contributed by atoms with van der Waals surface area (Å²) >= 11 is 0. The van der Waals surface area contributed by atoms with E-state index in [1.54, 1.807) is 26.0 Å². The van der Waals surface area contributed by atoms with Crippen LogP contribution in [0.15, 0.2) is 12.1 Å². The lowest BCUT2D eigenvalue weighted by molar-refractivity contribution is -0.147. The number of ether oxygens (including phenoxy) is 3. The molecule has 1 unspecified atom stereocenters. The standard InChI is InChI=1S/C18H20N2O6/c1-5-25-13(21)8-12-17(22)19-16-11(26-12)7-6-10-15(16)14(18(23)24-4)9(2)20(10)3/h6-7,12H,5,8H2,1-4H3,(H,19,22). The van der Waals surface area contributed by atoms with E-state index in [0.717, 1.165) is 5.52 Å². The minimum absolute atomic E-state index is 0.186. The van der Waals surface area contributed by atoms with Gasteiger partial charge in [-0.15, -0.1) is 0 Å². The number of fused-ring (bicyclic) bond motifs is 3. The van der Waals surface area contributed by atoms with Crippen molar-refractivity contribution in [2.24, 2.45) is 7.05 Å². The van der Waals surface area contributed by atoms with Crippen LogP contribution in [0.2, 0.25) is 0 Å². The van der Waals surface area contributed by atoms with Crippen molar-refractivity contribution >= 4 is 34.4 Å². The molecule has 1 aliphatic rings. The number of methoxy groups -OCH3 is 1. The Bertz CT molecular complexity index is 914. The van der Waals surface area contributed by atoms with E-state index in [0.29, 0.717) is 28.1 Å². The number of nitrogens with one attached hydrogen (secondary N) is 1. The first-order valence-corrected chi connectivity index (χ1v) is 8.22. The molecule has 0 saturated heterocycles. The van der Waals surface area contributed by atoms with Gasteiger partial charge in [0.15, 0.2) is 6.10 Å². The smallest absolute Gasteiger partial charge is 0.340 e. The first-order valence-electron chi connectivity index (χ1n) is 8.22. The highest BCUT2D eigenvalue weighted by atomic mass is 16.5. The van der Waals surface area contributed by atoms with Crippen LogP contribution in [0.5, 0.6) is 5.75 Å². The summed E-state index contributed by atoms with van der Waals surface area (Å²) in [6, 6.07) is 3.50. The minimum atomic E-state index is -0.981. The predicted octanol–water partition coefficient (Wildman–Crippen LogP) is 1.93. The number of amides is 1. The Labute approximate surface area is 150 Å². The third-order valence-electron chi connectivity index (χ3n) is 4.48. The zero-order valence-electron chi connectivity index (χ0n) is 15.0. The van der Waals surface area contributed by atoms with Gasteiger partial charge in [0, 0.05) is 18.1 Å². The second-order valence-electron chi connectivity index (χ2n) is 5.95. The Kier molecular flexibility index (Phi) is 4.58. The quantitative estimate of drug-likeness (QED) is 0.837. The third-order valence-corrected chi connectivity index (χ3v) is 4.48. The highest BCUT2D eigenvalue weighted by molar-refractivity contribution is 6.16. The normalized spacial score (nSPS) is 15.8. The van der Waals surface area contributed by atoms with E-state index in [-0.39, 0.29) is 13.0 Å². The monoisotopic (exact) mass is 360 g/mol. The van der Waals surface area contributed by atoms with E-state index >= 15 is 0 Å². The molecule has 1 aromatic carbocycles. The molecule has 2 heterocycles. The molecule has 8 nitrogen and oxygen atoms in total. The summed E-state index contributed by atoms with van der Waals surface area (Å²) in [5.74, 6) is -1.08. The molecule has 0 radical (unpaired) electrons. The Morgan fingerprint density at radius 2 is 2.08 bits per heavy atom. The van der Waals surface area contributed by atoms with E-state index < -0.39 is 23.9 Å². The number of esters is 2. The number of hydrogen-bond donors (Lipinski definition) is 1. The second kappa shape index (κ2) is 6.70. The van der Waals surface area contributed by atoms with E-state index in [1.165, 1.54) is 7.11 Å². The summed E-state index contributed by atoms with van der Waals surface area (Å²) in [6.45, 7) is 3.72. The summed E-state index contributed by atoms with van der Waals surface area (Å²) in [4.78, 5) is 36.3. The van der Waals surface area contributed by atoms with Crippen LogP contribution in [-0.4, -0.2) is 42.2 Å². The van der Waals surface area contributed by atoms with Gasteiger partial charge in [-0.25, -0.2) is 4.79 Å². The molecule has 3 rings (SSSR count). The zero-order valence-corrected chi connectivity index (χ0v) is 15.0. The number of nitrogens with zero attached hydrogens (tertiary/aromatic N) is 1. The summed E-state index contributed by atoms with van der Waals surface area (Å²) < 4.78 is 17.3. The zero-order chi connectivity index (χ0) is 19.0. The summed E-state index contributed by atoms with van der Waals surface area (Å²) in [5, 5.41) is 3.32. The van der Waals surface area contributed by atoms with Gasteiger partial charge in [0.05, 0.1) is 36.9 Å². The van der Waals surface area contributed by atoms with Crippen molar-refractivity contribution in [1.82, 2.24) is 4.57 Å². The van der Waals surface area contributed by atoms with Crippen LogP contribution in [0.4, 0.5) is 5.69 Å². The molecule has 1 N–H and O–H groups in total. The maximum absolute atomic E-state index is 12.4. The summed E-state index contributed by atoms with van der Waals surface area (Å²) in [7, 11) is 3.13. The highest BCUT2D eigenvalue weighted by Crippen LogP contribution is 2.41.